The highest BCUT2D eigenvalue weighted by molar-refractivity contribution is 6.07. The van der Waals surface area contributed by atoms with Gasteiger partial charge in [-0.3, -0.25) is 19.6 Å². The summed E-state index contributed by atoms with van der Waals surface area (Å²) in [6.45, 7) is -1.31. The normalized spacial score (nSPS) is 17.3. The quantitative estimate of drug-likeness (QED) is 0.699. The van der Waals surface area contributed by atoms with Crippen molar-refractivity contribution < 1.29 is 18.4 Å². The first kappa shape index (κ1) is 20.3. The number of fused-ring (bicyclic) bond motifs is 1. The number of alkyl halides is 2. The van der Waals surface area contributed by atoms with Crippen LogP contribution in [-0.4, -0.2) is 51.7 Å². The molecule has 9 heteroatoms. The zero-order chi connectivity index (χ0) is 22.0. The Bertz CT molecular complexity index is 1190. The number of amides is 2. The van der Waals surface area contributed by atoms with Crippen LogP contribution in [0, 0.1) is 11.3 Å². The van der Waals surface area contributed by atoms with Crippen molar-refractivity contribution in [3.63, 3.8) is 0 Å². The Balaban J connectivity index is 1.54. The molecule has 0 spiro atoms. The van der Waals surface area contributed by atoms with Gasteiger partial charge in [0.2, 0.25) is 5.91 Å². The number of pyridine rings is 2. The maximum Gasteiger partial charge on any atom is 0.268 e. The van der Waals surface area contributed by atoms with Gasteiger partial charge in [-0.05, 0) is 29.8 Å². The van der Waals surface area contributed by atoms with E-state index in [1.54, 1.807) is 30.6 Å². The Kier molecular flexibility index (Phi) is 5.29. The molecular weight excluding hydrogens is 404 g/mol. The summed E-state index contributed by atoms with van der Waals surface area (Å²) in [4.78, 5) is 34.3. The predicted molar refractivity (Wildman–Crippen MR) is 108 cm³/mol. The van der Waals surface area contributed by atoms with E-state index >= 15 is 0 Å². The first-order valence-corrected chi connectivity index (χ1v) is 9.52. The van der Waals surface area contributed by atoms with Crippen molar-refractivity contribution in [3.8, 4) is 17.2 Å². The van der Waals surface area contributed by atoms with E-state index in [0.717, 1.165) is 16.0 Å². The van der Waals surface area contributed by atoms with Crippen molar-refractivity contribution in [3.05, 3.63) is 60.6 Å². The molecule has 1 aliphatic heterocycles. The number of likely N-dealkylation sites (tertiary alicyclic amines) is 1. The van der Waals surface area contributed by atoms with Gasteiger partial charge in [0.1, 0.15) is 6.04 Å². The summed E-state index contributed by atoms with van der Waals surface area (Å²) in [6, 6.07) is 11.2. The zero-order valence-corrected chi connectivity index (χ0v) is 16.3. The van der Waals surface area contributed by atoms with Crippen molar-refractivity contribution in [2.24, 2.45) is 0 Å². The number of hydrogen-bond acceptors (Lipinski definition) is 5. The summed E-state index contributed by atoms with van der Waals surface area (Å²) in [5, 5.41) is 12.1. The zero-order valence-electron chi connectivity index (χ0n) is 16.3. The van der Waals surface area contributed by atoms with Gasteiger partial charge in [0.15, 0.2) is 0 Å². The van der Waals surface area contributed by atoms with Crippen LogP contribution in [0.4, 0.5) is 8.78 Å². The Morgan fingerprint density at radius 3 is 2.81 bits per heavy atom. The van der Waals surface area contributed by atoms with E-state index in [2.05, 4.69) is 15.3 Å². The van der Waals surface area contributed by atoms with Gasteiger partial charge >= 0.3 is 0 Å². The number of benzene rings is 1. The molecule has 2 amide bonds. The number of aromatic nitrogens is 2. The summed E-state index contributed by atoms with van der Waals surface area (Å²) in [5.74, 6) is -4.38. The Morgan fingerprint density at radius 1 is 1.23 bits per heavy atom. The fourth-order valence-electron chi connectivity index (χ4n) is 3.60. The molecule has 1 N–H and O–H groups in total. The smallest absolute Gasteiger partial charge is 0.268 e. The second-order valence-corrected chi connectivity index (χ2v) is 7.24. The monoisotopic (exact) mass is 421 g/mol. The average Bonchev–Trinajstić information content (AvgIpc) is 3.11. The molecule has 1 atom stereocenters. The highest BCUT2D eigenvalue weighted by Gasteiger charge is 2.47. The Morgan fingerprint density at radius 2 is 2.06 bits per heavy atom. The van der Waals surface area contributed by atoms with Crippen LogP contribution < -0.4 is 5.32 Å². The van der Waals surface area contributed by atoms with Crippen LogP contribution in [0.5, 0.6) is 0 Å². The lowest BCUT2D eigenvalue weighted by molar-refractivity contribution is -0.131. The second kappa shape index (κ2) is 8.07. The minimum absolute atomic E-state index is 0.298. The third kappa shape index (κ3) is 4.19. The van der Waals surface area contributed by atoms with Gasteiger partial charge in [0.25, 0.3) is 11.8 Å². The minimum Gasteiger partial charge on any atom is -0.343 e. The number of nitrogens with one attached hydrogen (secondary N) is 1. The molecule has 1 saturated heterocycles. The number of halogens is 2. The molecule has 0 radical (unpaired) electrons. The van der Waals surface area contributed by atoms with Crippen LogP contribution in [0.2, 0.25) is 0 Å². The van der Waals surface area contributed by atoms with Gasteiger partial charge in [-0.2, -0.15) is 5.26 Å². The van der Waals surface area contributed by atoms with E-state index in [4.69, 9.17) is 5.26 Å². The molecule has 1 aromatic carbocycles. The number of carbonyl (C=O) groups is 2. The van der Waals surface area contributed by atoms with Gasteiger partial charge in [-0.25, -0.2) is 8.78 Å². The SMILES string of the molecule is N#C[C@@H]1CC(F)(F)CN1C(=O)CNC(=O)c1ccnc2ccc(-c3cccnc3)cc12. The molecule has 1 aliphatic rings. The topological polar surface area (TPSA) is 99.0 Å². The highest BCUT2D eigenvalue weighted by Crippen LogP contribution is 2.31. The summed E-state index contributed by atoms with van der Waals surface area (Å²) in [5.41, 5.74) is 2.60. The van der Waals surface area contributed by atoms with Crippen LogP contribution >= 0.6 is 0 Å². The summed E-state index contributed by atoms with van der Waals surface area (Å²) in [7, 11) is 0. The molecule has 0 aliphatic carbocycles. The molecule has 3 heterocycles. The predicted octanol–water partition coefficient (Wildman–Crippen LogP) is 2.79. The van der Waals surface area contributed by atoms with Crippen LogP contribution in [0.1, 0.15) is 16.8 Å². The number of rotatable bonds is 4. The van der Waals surface area contributed by atoms with E-state index in [0.29, 0.717) is 16.5 Å². The number of hydrogen-bond donors (Lipinski definition) is 1. The Hall–Kier alpha value is -3.93. The fraction of sp³-hybridized carbons (Fsp3) is 0.227. The van der Waals surface area contributed by atoms with Crippen LogP contribution in [0.15, 0.2) is 55.0 Å². The lowest BCUT2D eigenvalue weighted by atomic mass is 10.0. The van der Waals surface area contributed by atoms with Gasteiger partial charge in [0, 0.05) is 36.0 Å². The molecule has 7 nitrogen and oxygen atoms in total. The van der Waals surface area contributed by atoms with Crippen molar-refractivity contribution >= 4 is 22.7 Å². The number of carbonyl (C=O) groups excluding carboxylic acids is 2. The largest absolute Gasteiger partial charge is 0.343 e. The third-order valence-corrected chi connectivity index (χ3v) is 5.12. The van der Waals surface area contributed by atoms with E-state index in [1.165, 1.54) is 12.3 Å². The minimum atomic E-state index is -3.11. The second-order valence-electron chi connectivity index (χ2n) is 7.24. The third-order valence-electron chi connectivity index (χ3n) is 5.12. The van der Waals surface area contributed by atoms with E-state index < -0.39 is 43.3 Å². The Labute approximate surface area is 176 Å². The maximum absolute atomic E-state index is 13.6. The van der Waals surface area contributed by atoms with Crippen molar-refractivity contribution in [2.45, 2.75) is 18.4 Å². The van der Waals surface area contributed by atoms with Crippen LogP contribution in [0.3, 0.4) is 0 Å². The van der Waals surface area contributed by atoms with Gasteiger partial charge in [0.05, 0.1) is 30.2 Å². The highest BCUT2D eigenvalue weighted by atomic mass is 19.3. The molecule has 2 aromatic heterocycles. The van der Waals surface area contributed by atoms with Crippen molar-refractivity contribution in [1.29, 1.82) is 5.26 Å². The summed E-state index contributed by atoms with van der Waals surface area (Å²) < 4.78 is 27.1. The molecule has 3 aromatic rings. The van der Waals surface area contributed by atoms with Crippen LogP contribution in [0.25, 0.3) is 22.0 Å². The van der Waals surface area contributed by atoms with Gasteiger partial charge in [-0.15, -0.1) is 0 Å². The van der Waals surface area contributed by atoms with Crippen LogP contribution in [-0.2, 0) is 4.79 Å². The lowest BCUT2D eigenvalue weighted by Crippen LogP contribution is -2.43. The average molecular weight is 421 g/mol. The molecule has 0 saturated carbocycles. The lowest BCUT2D eigenvalue weighted by Gasteiger charge is -2.19. The fourth-order valence-corrected chi connectivity index (χ4v) is 3.60. The molecule has 156 valence electrons. The molecule has 1 fully saturated rings. The van der Waals surface area contributed by atoms with E-state index in [-0.39, 0.29) is 0 Å². The standard InChI is InChI=1S/C22H17F2N5O2/c23-22(24)9-16(10-25)29(13-22)20(30)12-28-21(31)17-5-7-27-19-4-3-14(8-18(17)19)15-2-1-6-26-11-15/h1-8,11,16H,9,12-13H2,(H,28,31)/t16-/m0/s1. The molecule has 31 heavy (non-hydrogen) atoms. The first-order chi connectivity index (χ1) is 14.9. The first-order valence-electron chi connectivity index (χ1n) is 9.52. The van der Waals surface area contributed by atoms with E-state index in [9.17, 15) is 18.4 Å². The van der Waals surface area contributed by atoms with Crippen molar-refractivity contribution in [1.82, 2.24) is 20.2 Å². The number of nitrogens with zero attached hydrogens (tertiary/aromatic N) is 4. The summed E-state index contributed by atoms with van der Waals surface area (Å²) in [6.07, 6.45) is 4.15. The van der Waals surface area contributed by atoms with Crippen molar-refractivity contribution in [2.75, 3.05) is 13.1 Å². The molecular formula is C22H17F2N5O2. The van der Waals surface area contributed by atoms with Gasteiger partial charge < -0.3 is 10.2 Å². The molecule has 4 rings (SSSR count). The number of nitriles is 1. The maximum atomic E-state index is 13.6. The summed E-state index contributed by atoms with van der Waals surface area (Å²) >= 11 is 0. The van der Waals surface area contributed by atoms with E-state index in [1.807, 2.05) is 18.2 Å². The molecule has 0 bridgehead atoms. The molecule has 0 unspecified atom stereocenters. The van der Waals surface area contributed by atoms with Gasteiger partial charge in [-0.1, -0.05) is 12.1 Å².